The third kappa shape index (κ3) is 2.37. The largest absolute Gasteiger partial charge is 0.449 e. The minimum atomic E-state index is -0.724. The highest BCUT2D eigenvalue weighted by molar-refractivity contribution is 5.64. The van der Waals surface area contributed by atoms with E-state index in [9.17, 15) is 4.79 Å². The van der Waals surface area contributed by atoms with E-state index in [-0.39, 0.29) is 6.61 Å². The van der Waals surface area contributed by atoms with Gasteiger partial charge in [-0.05, 0) is 24.7 Å². The van der Waals surface area contributed by atoms with Crippen molar-refractivity contribution in [1.82, 2.24) is 0 Å². The molecule has 1 aliphatic rings. The van der Waals surface area contributed by atoms with Crippen LogP contribution in [0.3, 0.4) is 0 Å². The fraction of sp³-hybridized carbons (Fsp3) is 0.875. The Kier molecular flexibility index (Phi) is 3.34. The van der Waals surface area contributed by atoms with Crippen LogP contribution in [0.1, 0.15) is 19.3 Å². The molecule has 0 bridgehead atoms. The number of rotatable bonds is 3. The standard InChI is InChI=1S/C8H15NO3/c9-8(11)12-5-7-3-1-2-6(7)4-10/h6-7,10H,1-5H2,(H2,9,11)/t6-,7+/m0/s1. The smallest absolute Gasteiger partial charge is 0.404 e. The Balaban J connectivity index is 2.26. The van der Waals surface area contributed by atoms with Gasteiger partial charge in [-0.15, -0.1) is 0 Å². The van der Waals surface area contributed by atoms with Crippen LogP contribution >= 0.6 is 0 Å². The molecule has 1 amide bonds. The molecule has 0 saturated heterocycles. The third-order valence-corrected chi connectivity index (χ3v) is 2.49. The number of hydrogen-bond donors (Lipinski definition) is 2. The van der Waals surface area contributed by atoms with Gasteiger partial charge in [0, 0.05) is 6.61 Å². The van der Waals surface area contributed by atoms with E-state index in [0.29, 0.717) is 18.4 Å². The number of aliphatic hydroxyl groups is 1. The molecular formula is C8H15NO3. The molecule has 0 radical (unpaired) electrons. The number of hydrogen-bond acceptors (Lipinski definition) is 3. The minimum Gasteiger partial charge on any atom is -0.449 e. The molecular weight excluding hydrogens is 158 g/mol. The van der Waals surface area contributed by atoms with Crippen molar-refractivity contribution >= 4 is 6.09 Å². The van der Waals surface area contributed by atoms with Crippen molar-refractivity contribution in [3.63, 3.8) is 0 Å². The molecule has 0 aromatic carbocycles. The summed E-state index contributed by atoms with van der Waals surface area (Å²) in [5.74, 6) is 0.604. The quantitative estimate of drug-likeness (QED) is 0.652. The second kappa shape index (κ2) is 4.30. The highest BCUT2D eigenvalue weighted by Crippen LogP contribution is 2.31. The van der Waals surface area contributed by atoms with Gasteiger partial charge >= 0.3 is 6.09 Å². The predicted molar refractivity (Wildman–Crippen MR) is 43.5 cm³/mol. The molecule has 2 atom stereocenters. The number of carbonyl (C=O) groups excluding carboxylic acids is 1. The highest BCUT2D eigenvalue weighted by atomic mass is 16.5. The Labute approximate surface area is 71.7 Å². The lowest BCUT2D eigenvalue weighted by atomic mass is 9.98. The fourth-order valence-electron chi connectivity index (χ4n) is 1.76. The summed E-state index contributed by atoms with van der Waals surface area (Å²) in [6.45, 7) is 0.549. The first-order chi connectivity index (χ1) is 5.74. The molecule has 1 fully saturated rings. The molecule has 4 nitrogen and oxygen atoms in total. The van der Waals surface area contributed by atoms with Crippen LogP contribution in [0.25, 0.3) is 0 Å². The SMILES string of the molecule is NC(=O)OC[C@H]1CCC[C@H]1CO. The lowest BCUT2D eigenvalue weighted by Gasteiger charge is -2.15. The lowest BCUT2D eigenvalue weighted by molar-refractivity contribution is 0.107. The minimum absolute atomic E-state index is 0.187. The lowest BCUT2D eigenvalue weighted by Crippen LogP contribution is -2.22. The predicted octanol–water partition coefficient (Wildman–Crippen LogP) is 0.490. The Morgan fingerprint density at radius 3 is 2.75 bits per heavy atom. The van der Waals surface area contributed by atoms with Crippen LogP contribution in [0.4, 0.5) is 4.79 Å². The van der Waals surface area contributed by atoms with Crippen LogP contribution in [0, 0.1) is 11.8 Å². The zero-order valence-electron chi connectivity index (χ0n) is 7.03. The fourth-order valence-corrected chi connectivity index (χ4v) is 1.76. The maximum Gasteiger partial charge on any atom is 0.404 e. The van der Waals surface area contributed by atoms with Crippen molar-refractivity contribution < 1.29 is 14.6 Å². The summed E-state index contributed by atoms with van der Waals surface area (Å²) in [5.41, 5.74) is 4.83. The zero-order chi connectivity index (χ0) is 8.97. The number of ether oxygens (including phenoxy) is 1. The van der Waals surface area contributed by atoms with Crippen LogP contribution in [0.2, 0.25) is 0 Å². The monoisotopic (exact) mass is 173 g/mol. The van der Waals surface area contributed by atoms with E-state index in [1.807, 2.05) is 0 Å². The van der Waals surface area contributed by atoms with Gasteiger partial charge in [0.2, 0.25) is 0 Å². The zero-order valence-corrected chi connectivity index (χ0v) is 7.03. The summed E-state index contributed by atoms with van der Waals surface area (Å²) < 4.78 is 4.69. The van der Waals surface area contributed by atoms with Gasteiger partial charge in [0.25, 0.3) is 0 Å². The second-order valence-electron chi connectivity index (χ2n) is 3.26. The maximum atomic E-state index is 10.3. The van der Waals surface area contributed by atoms with E-state index in [4.69, 9.17) is 10.8 Å². The summed E-state index contributed by atoms with van der Waals surface area (Å²) in [5, 5.41) is 8.93. The van der Waals surface area contributed by atoms with Gasteiger partial charge in [-0.1, -0.05) is 6.42 Å². The van der Waals surface area contributed by atoms with Crippen molar-refractivity contribution in [2.75, 3.05) is 13.2 Å². The van der Waals surface area contributed by atoms with E-state index in [1.54, 1.807) is 0 Å². The molecule has 0 heterocycles. The number of primary amides is 1. The van der Waals surface area contributed by atoms with Crippen LogP contribution in [-0.2, 0) is 4.74 Å². The Morgan fingerprint density at radius 1 is 1.50 bits per heavy atom. The summed E-state index contributed by atoms with van der Waals surface area (Å²) in [4.78, 5) is 10.3. The molecule has 0 aromatic rings. The number of nitrogens with two attached hydrogens (primary N) is 1. The molecule has 1 rings (SSSR count). The van der Waals surface area contributed by atoms with Crippen molar-refractivity contribution in [2.45, 2.75) is 19.3 Å². The topological polar surface area (TPSA) is 72.6 Å². The van der Waals surface area contributed by atoms with Gasteiger partial charge in [-0.3, -0.25) is 0 Å². The van der Waals surface area contributed by atoms with Crippen LogP contribution in [0.5, 0.6) is 0 Å². The molecule has 1 saturated carbocycles. The maximum absolute atomic E-state index is 10.3. The van der Waals surface area contributed by atoms with E-state index < -0.39 is 6.09 Å². The van der Waals surface area contributed by atoms with Gasteiger partial charge in [-0.25, -0.2) is 4.79 Å². The van der Waals surface area contributed by atoms with Gasteiger partial charge in [-0.2, -0.15) is 0 Å². The summed E-state index contributed by atoms with van der Waals surface area (Å²) in [6, 6.07) is 0. The number of amides is 1. The van der Waals surface area contributed by atoms with E-state index >= 15 is 0 Å². The van der Waals surface area contributed by atoms with Crippen LogP contribution in [0.15, 0.2) is 0 Å². The molecule has 4 heteroatoms. The first kappa shape index (κ1) is 9.32. The number of aliphatic hydroxyl groups excluding tert-OH is 1. The molecule has 3 N–H and O–H groups in total. The first-order valence-electron chi connectivity index (χ1n) is 4.27. The van der Waals surface area contributed by atoms with Crippen LogP contribution in [-0.4, -0.2) is 24.4 Å². The summed E-state index contributed by atoms with van der Waals surface area (Å²) in [6.07, 6.45) is 2.44. The Morgan fingerprint density at radius 2 is 2.17 bits per heavy atom. The van der Waals surface area contributed by atoms with Gasteiger partial charge in [0.15, 0.2) is 0 Å². The van der Waals surface area contributed by atoms with Crippen LogP contribution < -0.4 is 5.73 Å². The molecule has 70 valence electrons. The summed E-state index contributed by atoms with van der Waals surface area (Å²) >= 11 is 0. The average Bonchev–Trinajstić information content (AvgIpc) is 2.47. The normalized spacial score (nSPS) is 28.8. The highest BCUT2D eigenvalue weighted by Gasteiger charge is 2.27. The molecule has 0 aliphatic heterocycles. The second-order valence-corrected chi connectivity index (χ2v) is 3.26. The van der Waals surface area contributed by atoms with Crippen molar-refractivity contribution in [3.05, 3.63) is 0 Å². The molecule has 12 heavy (non-hydrogen) atoms. The molecule has 0 spiro atoms. The van der Waals surface area contributed by atoms with E-state index in [1.165, 1.54) is 0 Å². The molecule has 0 aromatic heterocycles. The van der Waals surface area contributed by atoms with Gasteiger partial charge in [0.05, 0.1) is 6.61 Å². The Hall–Kier alpha value is -0.770. The third-order valence-electron chi connectivity index (χ3n) is 2.49. The first-order valence-corrected chi connectivity index (χ1v) is 4.27. The van der Waals surface area contributed by atoms with Crippen molar-refractivity contribution in [3.8, 4) is 0 Å². The Bertz CT molecular complexity index is 160. The van der Waals surface area contributed by atoms with Crippen molar-refractivity contribution in [2.24, 2.45) is 17.6 Å². The molecule has 0 unspecified atom stereocenters. The van der Waals surface area contributed by atoms with Gasteiger partial charge < -0.3 is 15.6 Å². The average molecular weight is 173 g/mol. The van der Waals surface area contributed by atoms with Crippen molar-refractivity contribution in [1.29, 1.82) is 0 Å². The number of carbonyl (C=O) groups is 1. The van der Waals surface area contributed by atoms with Gasteiger partial charge in [0.1, 0.15) is 0 Å². The summed E-state index contributed by atoms with van der Waals surface area (Å²) in [7, 11) is 0. The molecule has 1 aliphatic carbocycles. The van der Waals surface area contributed by atoms with E-state index in [0.717, 1.165) is 19.3 Å². The van der Waals surface area contributed by atoms with E-state index in [2.05, 4.69) is 4.74 Å².